The number of aryl methyl sites for hydroxylation is 2. The van der Waals surface area contributed by atoms with Gasteiger partial charge in [-0.05, 0) is 32.4 Å². The summed E-state index contributed by atoms with van der Waals surface area (Å²) in [5.41, 5.74) is 1.88. The van der Waals surface area contributed by atoms with E-state index in [1.165, 1.54) is 6.26 Å². The molecule has 0 aromatic carbocycles. The highest BCUT2D eigenvalue weighted by Gasteiger charge is 2.11. The van der Waals surface area contributed by atoms with Crippen molar-refractivity contribution in [2.75, 3.05) is 19.6 Å². The lowest BCUT2D eigenvalue weighted by Crippen LogP contribution is -2.38. The Kier molecular flexibility index (Phi) is 7.06. The molecule has 0 spiro atoms. The molecule has 136 valence electrons. The molecule has 8 nitrogen and oxygen atoms in total. The minimum atomic E-state index is -0.181. The van der Waals surface area contributed by atoms with Gasteiger partial charge in [0.05, 0.1) is 18.5 Å². The third-order valence-electron chi connectivity index (χ3n) is 3.67. The average Bonchev–Trinajstić information content (AvgIpc) is 3.20. The number of hydrogen-bond acceptors (Lipinski definition) is 4. The van der Waals surface area contributed by atoms with Gasteiger partial charge < -0.3 is 20.4 Å². The molecule has 0 radical (unpaired) electrons. The smallest absolute Gasteiger partial charge is 0.287 e. The number of aromatic nitrogens is 2. The van der Waals surface area contributed by atoms with Crippen molar-refractivity contribution < 1.29 is 9.21 Å². The number of furan rings is 1. The summed E-state index contributed by atoms with van der Waals surface area (Å²) in [5, 5.41) is 13.4. The van der Waals surface area contributed by atoms with Gasteiger partial charge in [0.25, 0.3) is 5.91 Å². The van der Waals surface area contributed by atoms with E-state index in [0.29, 0.717) is 25.4 Å². The molecule has 2 aromatic heterocycles. The van der Waals surface area contributed by atoms with Crippen LogP contribution in [0.25, 0.3) is 0 Å². The van der Waals surface area contributed by atoms with Gasteiger partial charge in [0, 0.05) is 38.4 Å². The first-order valence-corrected chi connectivity index (χ1v) is 8.43. The van der Waals surface area contributed by atoms with Crippen molar-refractivity contribution in [1.82, 2.24) is 25.7 Å². The fraction of sp³-hybridized carbons (Fsp3) is 0.471. The second-order valence-corrected chi connectivity index (χ2v) is 5.61. The molecule has 0 aliphatic carbocycles. The molecule has 0 aliphatic rings. The van der Waals surface area contributed by atoms with Crippen molar-refractivity contribution in [1.29, 1.82) is 0 Å². The highest BCUT2D eigenvalue weighted by atomic mass is 16.3. The first kappa shape index (κ1) is 18.6. The summed E-state index contributed by atoms with van der Waals surface area (Å²) in [4.78, 5) is 16.5. The zero-order chi connectivity index (χ0) is 18.1. The van der Waals surface area contributed by atoms with Crippen LogP contribution < -0.4 is 16.0 Å². The molecule has 1 amide bonds. The lowest BCUT2D eigenvalue weighted by atomic mass is 10.2. The lowest BCUT2D eigenvalue weighted by molar-refractivity contribution is 0.0925. The molecule has 2 rings (SSSR count). The molecule has 0 fully saturated rings. The van der Waals surface area contributed by atoms with Crippen LogP contribution >= 0.6 is 0 Å². The topological polar surface area (TPSA) is 96.5 Å². The Hall–Kier alpha value is -2.77. The second-order valence-electron chi connectivity index (χ2n) is 5.61. The maximum atomic E-state index is 11.9. The van der Waals surface area contributed by atoms with Crippen LogP contribution in [0.5, 0.6) is 0 Å². The number of rotatable bonds is 8. The van der Waals surface area contributed by atoms with Gasteiger partial charge >= 0.3 is 0 Å². The van der Waals surface area contributed by atoms with Crippen LogP contribution in [0.4, 0.5) is 0 Å². The van der Waals surface area contributed by atoms with Gasteiger partial charge in [-0.15, -0.1) is 0 Å². The quantitative estimate of drug-likeness (QED) is 0.379. The zero-order valence-electron chi connectivity index (χ0n) is 15.0. The number of carbonyl (C=O) groups is 1. The van der Waals surface area contributed by atoms with E-state index >= 15 is 0 Å². The molecule has 0 atom stereocenters. The van der Waals surface area contributed by atoms with Crippen molar-refractivity contribution in [2.45, 2.75) is 26.8 Å². The van der Waals surface area contributed by atoms with Crippen LogP contribution in [-0.4, -0.2) is 41.3 Å². The summed E-state index contributed by atoms with van der Waals surface area (Å²) in [7, 11) is 1.90. The molecule has 0 bridgehead atoms. The molecule has 0 unspecified atom stereocenters. The van der Waals surface area contributed by atoms with E-state index in [4.69, 9.17) is 4.42 Å². The van der Waals surface area contributed by atoms with Crippen LogP contribution in [0.3, 0.4) is 0 Å². The van der Waals surface area contributed by atoms with E-state index in [1.54, 1.807) is 16.9 Å². The lowest BCUT2D eigenvalue weighted by Gasteiger charge is -2.11. The number of nitrogens with one attached hydrogen (secondary N) is 3. The van der Waals surface area contributed by atoms with Crippen LogP contribution in [0.15, 0.2) is 34.0 Å². The van der Waals surface area contributed by atoms with E-state index in [9.17, 15) is 4.79 Å². The van der Waals surface area contributed by atoms with E-state index in [2.05, 4.69) is 26.0 Å². The summed E-state index contributed by atoms with van der Waals surface area (Å²) in [6.45, 7) is 6.47. The molecule has 25 heavy (non-hydrogen) atoms. The molecule has 0 saturated carbocycles. The standard InChI is InChI=1S/C17H26N6O2/c1-4-18-17(21-12-14-6-10-22-23(14)3)20-9-5-8-19-16(24)15-13(2)7-11-25-15/h6-7,10-11H,4-5,8-9,12H2,1-3H3,(H,19,24)(H2,18,20,21). The Labute approximate surface area is 147 Å². The fourth-order valence-electron chi connectivity index (χ4n) is 2.24. The summed E-state index contributed by atoms with van der Waals surface area (Å²) >= 11 is 0. The first-order valence-electron chi connectivity index (χ1n) is 8.43. The van der Waals surface area contributed by atoms with Crippen molar-refractivity contribution in [3.8, 4) is 0 Å². The molecule has 2 aromatic rings. The Balaban J connectivity index is 1.71. The van der Waals surface area contributed by atoms with Crippen molar-refractivity contribution in [2.24, 2.45) is 12.0 Å². The molecular weight excluding hydrogens is 320 g/mol. The normalized spacial score (nSPS) is 11.4. The van der Waals surface area contributed by atoms with Gasteiger partial charge in [0.1, 0.15) is 0 Å². The zero-order valence-corrected chi connectivity index (χ0v) is 15.0. The molecular formula is C17H26N6O2. The molecule has 8 heteroatoms. The van der Waals surface area contributed by atoms with E-state index in [1.807, 2.05) is 27.0 Å². The summed E-state index contributed by atoms with van der Waals surface area (Å²) in [6, 6.07) is 3.72. The van der Waals surface area contributed by atoms with Crippen molar-refractivity contribution in [3.05, 3.63) is 41.6 Å². The van der Waals surface area contributed by atoms with Gasteiger partial charge in [0.15, 0.2) is 11.7 Å². The molecule has 3 N–H and O–H groups in total. The number of nitrogens with zero attached hydrogens (tertiary/aromatic N) is 3. The number of hydrogen-bond donors (Lipinski definition) is 3. The predicted molar refractivity (Wildman–Crippen MR) is 96.4 cm³/mol. The van der Waals surface area contributed by atoms with Crippen LogP contribution in [0.1, 0.15) is 35.2 Å². The highest BCUT2D eigenvalue weighted by molar-refractivity contribution is 5.92. The number of amides is 1. The minimum absolute atomic E-state index is 0.181. The fourth-order valence-corrected chi connectivity index (χ4v) is 2.24. The second kappa shape index (κ2) is 9.51. The Morgan fingerprint density at radius 2 is 2.08 bits per heavy atom. The van der Waals surface area contributed by atoms with Gasteiger partial charge in [-0.25, -0.2) is 4.99 Å². The third-order valence-corrected chi connectivity index (χ3v) is 3.67. The Bertz CT molecular complexity index is 704. The summed E-state index contributed by atoms with van der Waals surface area (Å²) in [5.74, 6) is 0.940. The summed E-state index contributed by atoms with van der Waals surface area (Å²) < 4.78 is 6.97. The monoisotopic (exact) mass is 346 g/mol. The Morgan fingerprint density at radius 1 is 1.28 bits per heavy atom. The predicted octanol–water partition coefficient (Wildman–Crippen LogP) is 1.20. The van der Waals surface area contributed by atoms with Crippen molar-refractivity contribution >= 4 is 11.9 Å². The van der Waals surface area contributed by atoms with Gasteiger partial charge in [-0.2, -0.15) is 5.10 Å². The first-order chi connectivity index (χ1) is 12.1. The van der Waals surface area contributed by atoms with Crippen LogP contribution in [0.2, 0.25) is 0 Å². The highest BCUT2D eigenvalue weighted by Crippen LogP contribution is 2.07. The number of aliphatic imine (C=N–C) groups is 1. The average molecular weight is 346 g/mol. The van der Waals surface area contributed by atoms with Gasteiger partial charge in [-0.1, -0.05) is 0 Å². The SMILES string of the molecule is CCNC(=NCc1ccnn1C)NCCCNC(=O)c1occc1C. The Morgan fingerprint density at radius 3 is 2.72 bits per heavy atom. The maximum Gasteiger partial charge on any atom is 0.287 e. The molecule has 2 heterocycles. The van der Waals surface area contributed by atoms with Gasteiger partial charge in [0.2, 0.25) is 0 Å². The van der Waals surface area contributed by atoms with Crippen LogP contribution in [0, 0.1) is 6.92 Å². The van der Waals surface area contributed by atoms with E-state index in [-0.39, 0.29) is 5.91 Å². The third kappa shape index (κ3) is 5.66. The number of guanidine groups is 1. The molecule has 0 saturated heterocycles. The maximum absolute atomic E-state index is 11.9. The van der Waals surface area contributed by atoms with Gasteiger partial charge in [-0.3, -0.25) is 9.48 Å². The summed E-state index contributed by atoms with van der Waals surface area (Å²) in [6.07, 6.45) is 4.06. The van der Waals surface area contributed by atoms with E-state index in [0.717, 1.165) is 30.2 Å². The molecule has 0 aliphatic heterocycles. The van der Waals surface area contributed by atoms with Crippen LogP contribution in [-0.2, 0) is 13.6 Å². The van der Waals surface area contributed by atoms with E-state index < -0.39 is 0 Å². The van der Waals surface area contributed by atoms with Crippen molar-refractivity contribution in [3.63, 3.8) is 0 Å². The minimum Gasteiger partial charge on any atom is -0.459 e. The number of carbonyl (C=O) groups excluding carboxylic acids is 1. The largest absolute Gasteiger partial charge is 0.459 e.